The third kappa shape index (κ3) is 1.85. The molecule has 0 aliphatic carbocycles. The summed E-state index contributed by atoms with van der Waals surface area (Å²) in [5.74, 6) is 1.00. The van der Waals surface area contributed by atoms with Crippen LogP contribution in [0.15, 0.2) is 42.6 Å². The quantitative estimate of drug-likeness (QED) is 0.667. The van der Waals surface area contributed by atoms with Gasteiger partial charge in [-0.1, -0.05) is 29.8 Å². The molecule has 0 unspecified atom stereocenters. The van der Waals surface area contributed by atoms with Gasteiger partial charge in [0.25, 0.3) is 0 Å². The number of hydrogen-bond acceptors (Lipinski definition) is 2. The summed E-state index contributed by atoms with van der Waals surface area (Å²) in [5.41, 5.74) is 1.67. The van der Waals surface area contributed by atoms with Crippen LogP contribution in [0.1, 0.15) is 5.69 Å². The molecule has 3 nitrogen and oxygen atoms in total. The van der Waals surface area contributed by atoms with Crippen LogP contribution in [-0.2, 0) is 5.88 Å². The van der Waals surface area contributed by atoms with Gasteiger partial charge in [-0.25, -0.2) is 9.67 Å². The van der Waals surface area contributed by atoms with Gasteiger partial charge in [0.15, 0.2) is 5.82 Å². The highest BCUT2D eigenvalue weighted by Gasteiger charge is 2.08. The van der Waals surface area contributed by atoms with Gasteiger partial charge in [-0.15, -0.1) is 11.6 Å². The molecule has 1 aromatic carbocycles. The van der Waals surface area contributed by atoms with Gasteiger partial charge in [-0.05, 0) is 18.2 Å². The number of rotatable bonds is 2. The highest BCUT2D eigenvalue weighted by Crippen LogP contribution is 2.21. The van der Waals surface area contributed by atoms with E-state index in [-0.39, 0.29) is 5.88 Å². The van der Waals surface area contributed by atoms with Gasteiger partial charge < -0.3 is 0 Å². The molecule has 0 bridgehead atoms. The third-order valence-electron chi connectivity index (χ3n) is 2.72. The van der Waals surface area contributed by atoms with Crippen molar-refractivity contribution in [3.8, 4) is 5.82 Å². The number of pyridine rings is 1. The molecule has 3 rings (SSSR count). The van der Waals surface area contributed by atoms with Gasteiger partial charge in [-0.2, -0.15) is 5.10 Å². The smallest absolute Gasteiger partial charge is 0.154 e. The van der Waals surface area contributed by atoms with Crippen LogP contribution in [0.4, 0.5) is 0 Å². The predicted molar refractivity (Wildman–Crippen MR) is 73.4 cm³/mol. The Balaban J connectivity index is 2.20. The van der Waals surface area contributed by atoms with E-state index in [4.69, 9.17) is 23.2 Å². The van der Waals surface area contributed by atoms with Crippen molar-refractivity contribution in [3.05, 3.63) is 53.3 Å². The molecule has 2 aromatic heterocycles. The van der Waals surface area contributed by atoms with Crippen LogP contribution < -0.4 is 0 Å². The number of aromatic nitrogens is 3. The lowest BCUT2D eigenvalue weighted by molar-refractivity contribution is 0.866. The normalized spacial score (nSPS) is 11.0. The highest BCUT2D eigenvalue weighted by molar-refractivity contribution is 6.32. The second kappa shape index (κ2) is 4.59. The van der Waals surface area contributed by atoms with Gasteiger partial charge >= 0.3 is 0 Å². The largest absolute Gasteiger partial charge is 0.231 e. The van der Waals surface area contributed by atoms with Crippen LogP contribution >= 0.6 is 23.2 Å². The second-order valence-electron chi connectivity index (χ2n) is 3.85. The summed E-state index contributed by atoms with van der Waals surface area (Å²) in [5, 5.41) is 5.98. The molecule has 0 aliphatic rings. The molecule has 0 fully saturated rings. The van der Waals surface area contributed by atoms with E-state index >= 15 is 0 Å². The zero-order chi connectivity index (χ0) is 12.5. The fraction of sp³-hybridized carbons (Fsp3) is 0.0769. The first kappa shape index (κ1) is 11.5. The average Bonchev–Trinajstić information content (AvgIpc) is 2.83. The molecule has 5 heteroatoms. The molecule has 0 amide bonds. The monoisotopic (exact) mass is 277 g/mol. The summed E-state index contributed by atoms with van der Waals surface area (Å²) in [6.45, 7) is 0. The number of hydrogen-bond donors (Lipinski definition) is 0. The van der Waals surface area contributed by atoms with Crippen molar-refractivity contribution >= 4 is 34.1 Å². The Hall–Kier alpha value is -1.58. The van der Waals surface area contributed by atoms with E-state index < -0.39 is 0 Å². The third-order valence-corrected chi connectivity index (χ3v) is 3.32. The van der Waals surface area contributed by atoms with Crippen LogP contribution in [0.2, 0.25) is 5.02 Å². The van der Waals surface area contributed by atoms with Gasteiger partial charge in [-0.3, -0.25) is 0 Å². The lowest BCUT2D eigenvalue weighted by atomic mass is 10.2. The maximum absolute atomic E-state index is 6.00. The molecule has 0 saturated heterocycles. The summed E-state index contributed by atoms with van der Waals surface area (Å²) >= 11 is 11.8. The first-order chi connectivity index (χ1) is 8.79. The predicted octanol–water partition coefficient (Wildman–Crippen LogP) is 3.81. The van der Waals surface area contributed by atoms with Crippen molar-refractivity contribution < 1.29 is 0 Å². The van der Waals surface area contributed by atoms with Crippen molar-refractivity contribution in [2.45, 2.75) is 5.88 Å². The molecule has 2 heterocycles. The fourth-order valence-electron chi connectivity index (χ4n) is 1.84. The topological polar surface area (TPSA) is 30.7 Å². The lowest BCUT2D eigenvalue weighted by Gasteiger charge is -2.05. The number of halogens is 2. The van der Waals surface area contributed by atoms with Crippen LogP contribution in [0.25, 0.3) is 16.7 Å². The molecule has 0 radical (unpaired) electrons. The standard InChI is InChI=1S/C13H9Cl2N3/c14-7-11-10(15)5-6-13(17-11)18-12-4-2-1-3-9(12)8-16-18/h1-6,8H,7H2. The molecular formula is C13H9Cl2N3. The van der Waals surface area contributed by atoms with Gasteiger partial charge in [0.2, 0.25) is 0 Å². The Kier molecular flexibility index (Phi) is 2.94. The summed E-state index contributed by atoms with van der Waals surface area (Å²) < 4.78 is 1.78. The first-order valence-corrected chi connectivity index (χ1v) is 6.35. The van der Waals surface area contributed by atoms with Crippen molar-refractivity contribution in [3.63, 3.8) is 0 Å². The molecule has 0 N–H and O–H groups in total. The van der Waals surface area contributed by atoms with E-state index in [0.717, 1.165) is 16.7 Å². The number of alkyl halides is 1. The molecule has 0 saturated carbocycles. The average molecular weight is 278 g/mol. The van der Waals surface area contributed by atoms with Gasteiger partial charge in [0, 0.05) is 5.39 Å². The Morgan fingerprint density at radius 3 is 2.78 bits per heavy atom. The molecule has 0 atom stereocenters. The molecule has 3 aromatic rings. The van der Waals surface area contributed by atoms with Crippen LogP contribution in [-0.4, -0.2) is 14.8 Å². The fourth-order valence-corrected chi connectivity index (χ4v) is 2.28. The second-order valence-corrected chi connectivity index (χ2v) is 4.52. The molecule has 18 heavy (non-hydrogen) atoms. The van der Waals surface area contributed by atoms with E-state index in [1.54, 1.807) is 10.7 Å². The van der Waals surface area contributed by atoms with E-state index in [1.807, 2.05) is 36.5 Å². The van der Waals surface area contributed by atoms with Crippen molar-refractivity contribution in [1.82, 2.24) is 14.8 Å². The lowest BCUT2D eigenvalue weighted by Crippen LogP contribution is -2.01. The molecule has 90 valence electrons. The molecular weight excluding hydrogens is 269 g/mol. The summed E-state index contributed by atoms with van der Waals surface area (Å²) in [4.78, 5) is 4.42. The Labute approximate surface area is 114 Å². The Bertz CT molecular complexity index is 706. The SMILES string of the molecule is ClCc1nc(-n2ncc3ccccc32)ccc1Cl. The summed E-state index contributed by atoms with van der Waals surface area (Å²) in [6.07, 6.45) is 1.81. The number of nitrogens with zero attached hydrogens (tertiary/aromatic N) is 3. The van der Waals surface area contributed by atoms with E-state index in [1.165, 1.54) is 0 Å². The number of fused-ring (bicyclic) bond motifs is 1. The maximum Gasteiger partial charge on any atom is 0.154 e. The summed E-state index contributed by atoms with van der Waals surface area (Å²) in [7, 11) is 0. The maximum atomic E-state index is 6.00. The van der Waals surface area contributed by atoms with Crippen molar-refractivity contribution in [2.24, 2.45) is 0 Å². The minimum atomic E-state index is 0.284. The van der Waals surface area contributed by atoms with Gasteiger partial charge in [0.05, 0.1) is 28.3 Å². The van der Waals surface area contributed by atoms with Crippen molar-refractivity contribution in [2.75, 3.05) is 0 Å². The number of para-hydroxylation sites is 1. The number of benzene rings is 1. The van der Waals surface area contributed by atoms with E-state index in [9.17, 15) is 0 Å². The Morgan fingerprint density at radius 2 is 1.94 bits per heavy atom. The molecule has 0 spiro atoms. The summed E-state index contributed by atoms with van der Waals surface area (Å²) in [6, 6.07) is 11.6. The molecule has 0 aliphatic heterocycles. The zero-order valence-electron chi connectivity index (χ0n) is 9.35. The minimum Gasteiger partial charge on any atom is -0.231 e. The zero-order valence-corrected chi connectivity index (χ0v) is 10.9. The van der Waals surface area contributed by atoms with Crippen LogP contribution in [0, 0.1) is 0 Å². The highest BCUT2D eigenvalue weighted by atomic mass is 35.5. The Morgan fingerprint density at radius 1 is 1.11 bits per heavy atom. The van der Waals surface area contributed by atoms with Gasteiger partial charge in [0.1, 0.15) is 0 Å². The van der Waals surface area contributed by atoms with Crippen LogP contribution in [0.5, 0.6) is 0 Å². The minimum absolute atomic E-state index is 0.284. The van der Waals surface area contributed by atoms with E-state index in [2.05, 4.69) is 10.1 Å². The van der Waals surface area contributed by atoms with Crippen LogP contribution in [0.3, 0.4) is 0 Å². The van der Waals surface area contributed by atoms with Crippen molar-refractivity contribution in [1.29, 1.82) is 0 Å². The first-order valence-electron chi connectivity index (χ1n) is 5.44. The van der Waals surface area contributed by atoms with E-state index in [0.29, 0.717) is 10.7 Å².